The Balaban J connectivity index is 1.23. The van der Waals surface area contributed by atoms with Crippen LogP contribution in [0.3, 0.4) is 0 Å². The lowest BCUT2D eigenvalue weighted by atomic mass is 9.98. The van der Waals surface area contributed by atoms with Crippen LogP contribution in [-0.2, 0) is 4.74 Å². The summed E-state index contributed by atoms with van der Waals surface area (Å²) in [5, 5.41) is 7.58. The molecule has 1 aliphatic rings. The number of likely N-dealkylation sites (tertiary alicyclic amines) is 1. The molecular weight excluding hydrogens is 496 g/mol. The minimum absolute atomic E-state index is 0.115. The van der Waals surface area contributed by atoms with Crippen LogP contribution in [0.25, 0.3) is 21.8 Å². The van der Waals surface area contributed by atoms with E-state index in [0.29, 0.717) is 42.0 Å². The summed E-state index contributed by atoms with van der Waals surface area (Å²) in [6, 6.07) is 14.6. The van der Waals surface area contributed by atoms with Gasteiger partial charge in [0.15, 0.2) is 0 Å². The summed E-state index contributed by atoms with van der Waals surface area (Å²) in [5.41, 5.74) is 1.73. The molecular formula is C29H30N6O4. The summed E-state index contributed by atoms with van der Waals surface area (Å²) < 4.78 is 5.32. The predicted molar refractivity (Wildman–Crippen MR) is 148 cm³/mol. The fourth-order valence-electron chi connectivity index (χ4n) is 4.64. The van der Waals surface area contributed by atoms with Gasteiger partial charge < -0.3 is 19.9 Å². The van der Waals surface area contributed by atoms with Crippen LogP contribution >= 0.6 is 0 Å². The Kier molecular flexibility index (Phi) is 7.53. The first-order chi connectivity index (χ1) is 18.9. The van der Waals surface area contributed by atoms with Gasteiger partial charge in [-0.25, -0.2) is 9.78 Å². The number of anilines is 1. The number of rotatable bonds is 6. The number of hydrogen-bond donors (Lipinski definition) is 3. The van der Waals surface area contributed by atoms with E-state index < -0.39 is 5.91 Å². The molecule has 0 saturated carbocycles. The Morgan fingerprint density at radius 1 is 1.13 bits per heavy atom. The highest BCUT2D eigenvalue weighted by Gasteiger charge is 2.26. The minimum Gasteiger partial charge on any atom is -0.415 e. The lowest BCUT2D eigenvalue weighted by Gasteiger charge is -2.32. The number of benzene rings is 2. The Morgan fingerprint density at radius 3 is 2.77 bits per heavy atom. The summed E-state index contributed by atoms with van der Waals surface area (Å²) in [6.45, 7) is 5.13. The van der Waals surface area contributed by atoms with E-state index in [0.717, 1.165) is 23.6 Å². The monoisotopic (exact) mass is 526 g/mol. The number of imidazole rings is 1. The highest BCUT2D eigenvalue weighted by molar-refractivity contribution is 6.07. The number of fused-ring (bicyclic) bond motifs is 2. The van der Waals surface area contributed by atoms with E-state index >= 15 is 0 Å². The first kappa shape index (κ1) is 25.9. The van der Waals surface area contributed by atoms with Crippen LogP contribution < -0.4 is 10.6 Å². The van der Waals surface area contributed by atoms with Gasteiger partial charge in [0, 0.05) is 31.2 Å². The molecule has 39 heavy (non-hydrogen) atoms. The predicted octanol–water partition coefficient (Wildman–Crippen LogP) is 4.87. The standard InChI is InChI=1S/C29H30N6O4/c1-3-18(2)39-29(38)35-13-7-8-19(17-35)15-31-26(36)22-11-6-12-23-25(22)33-28(32-23)34-27(37)24-14-20-9-4-5-10-21(20)16-30-24/h3-6,9-12,14,16,19H,7-8,13,15,17H2,1-2H3,(H,31,36)(H2,32,33,34,37)/b18-3+. The number of hydrogen-bond acceptors (Lipinski definition) is 6. The van der Waals surface area contributed by atoms with Gasteiger partial charge in [-0.3, -0.25) is 19.9 Å². The van der Waals surface area contributed by atoms with E-state index in [2.05, 4.69) is 25.6 Å². The number of aromatic nitrogens is 3. The van der Waals surface area contributed by atoms with Crippen molar-refractivity contribution < 1.29 is 19.1 Å². The quantitative estimate of drug-likeness (QED) is 0.308. The van der Waals surface area contributed by atoms with Crippen LogP contribution in [0.5, 0.6) is 0 Å². The Hall–Kier alpha value is -4.73. The maximum Gasteiger partial charge on any atom is 0.414 e. The van der Waals surface area contributed by atoms with E-state index in [1.165, 1.54) is 0 Å². The van der Waals surface area contributed by atoms with Gasteiger partial charge in [-0.1, -0.05) is 30.3 Å². The number of H-pyrrole nitrogens is 1. The zero-order valence-electron chi connectivity index (χ0n) is 21.9. The van der Waals surface area contributed by atoms with Crippen molar-refractivity contribution in [1.82, 2.24) is 25.2 Å². The topological polar surface area (TPSA) is 129 Å². The Morgan fingerprint density at radius 2 is 1.95 bits per heavy atom. The molecule has 3 N–H and O–H groups in total. The third-order valence-electron chi connectivity index (χ3n) is 6.84. The molecule has 5 rings (SSSR count). The number of carbonyl (C=O) groups is 3. The lowest BCUT2D eigenvalue weighted by Crippen LogP contribution is -2.43. The summed E-state index contributed by atoms with van der Waals surface area (Å²) in [7, 11) is 0. The molecule has 0 aliphatic carbocycles. The molecule has 1 unspecified atom stereocenters. The summed E-state index contributed by atoms with van der Waals surface area (Å²) in [5.74, 6) is 0.222. The fraction of sp³-hybridized carbons (Fsp3) is 0.276. The summed E-state index contributed by atoms with van der Waals surface area (Å²) >= 11 is 0. The maximum absolute atomic E-state index is 13.1. The zero-order chi connectivity index (χ0) is 27.4. The Labute approximate surface area is 225 Å². The molecule has 1 fully saturated rings. The molecule has 200 valence electrons. The van der Waals surface area contributed by atoms with Crippen molar-refractivity contribution in [1.29, 1.82) is 0 Å². The third-order valence-corrected chi connectivity index (χ3v) is 6.84. The van der Waals surface area contributed by atoms with Crippen molar-refractivity contribution in [3.8, 4) is 0 Å². The fourth-order valence-corrected chi connectivity index (χ4v) is 4.64. The average molecular weight is 527 g/mol. The van der Waals surface area contributed by atoms with Crippen LogP contribution in [-0.4, -0.2) is 57.4 Å². The van der Waals surface area contributed by atoms with Crippen LogP contribution in [0.1, 0.15) is 47.5 Å². The van der Waals surface area contributed by atoms with Gasteiger partial charge in [-0.15, -0.1) is 0 Å². The number of para-hydroxylation sites is 1. The first-order valence-electron chi connectivity index (χ1n) is 12.9. The molecule has 0 bridgehead atoms. The highest BCUT2D eigenvalue weighted by atomic mass is 16.6. The van der Waals surface area contributed by atoms with E-state index in [1.54, 1.807) is 48.4 Å². The molecule has 2 aromatic heterocycles. The smallest absolute Gasteiger partial charge is 0.414 e. The zero-order valence-corrected chi connectivity index (χ0v) is 21.9. The summed E-state index contributed by atoms with van der Waals surface area (Å²) in [4.78, 5) is 51.8. The molecule has 1 aliphatic heterocycles. The van der Waals surface area contributed by atoms with E-state index in [-0.39, 0.29) is 29.6 Å². The Bertz CT molecular complexity index is 1580. The van der Waals surface area contributed by atoms with Crippen LogP contribution in [0.2, 0.25) is 0 Å². The van der Waals surface area contributed by atoms with Crippen molar-refractivity contribution in [2.24, 2.45) is 5.92 Å². The van der Waals surface area contributed by atoms with Gasteiger partial charge in [-0.05, 0) is 62.3 Å². The SMILES string of the molecule is C/C=C(\C)OC(=O)N1CCCC(CNC(=O)c2cccc3[nH]c(NC(=O)c4cc5ccccc5cn4)nc23)C1. The number of carbonyl (C=O) groups excluding carboxylic acids is 3. The molecule has 1 saturated heterocycles. The van der Waals surface area contributed by atoms with Gasteiger partial charge in [0.05, 0.1) is 11.1 Å². The van der Waals surface area contributed by atoms with Crippen LogP contribution in [0.15, 0.2) is 66.6 Å². The molecule has 10 heteroatoms. The van der Waals surface area contributed by atoms with Crippen molar-refractivity contribution in [3.63, 3.8) is 0 Å². The first-order valence-corrected chi connectivity index (χ1v) is 12.9. The van der Waals surface area contributed by atoms with Gasteiger partial charge >= 0.3 is 6.09 Å². The number of aromatic amines is 1. The van der Waals surface area contributed by atoms with Crippen LogP contribution in [0.4, 0.5) is 10.7 Å². The second kappa shape index (κ2) is 11.3. The minimum atomic E-state index is -0.407. The molecule has 3 amide bonds. The number of pyridine rings is 1. The van der Waals surface area contributed by atoms with E-state index in [4.69, 9.17) is 4.74 Å². The number of nitrogens with zero attached hydrogens (tertiary/aromatic N) is 3. The number of piperidine rings is 1. The number of amides is 3. The van der Waals surface area contributed by atoms with Crippen molar-refractivity contribution in [2.75, 3.05) is 25.0 Å². The third kappa shape index (κ3) is 5.90. The van der Waals surface area contributed by atoms with E-state index in [1.807, 2.05) is 31.2 Å². The summed E-state index contributed by atoms with van der Waals surface area (Å²) in [6.07, 6.45) is 4.78. The highest BCUT2D eigenvalue weighted by Crippen LogP contribution is 2.21. The molecule has 3 heterocycles. The normalized spacial score (nSPS) is 15.8. The number of nitrogens with one attached hydrogen (secondary N) is 3. The van der Waals surface area contributed by atoms with Gasteiger partial charge in [0.2, 0.25) is 5.95 Å². The van der Waals surface area contributed by atoms with Gasteiger partial charge in [0.1, 0.15) is 17.0 Å². The molecule has 4 aromatic rings. The molecule has 1 atom stereocenters. The van der Waals surface area contributed by atoms with Gasteiger partial charge in [-0.2, -0.15) is 0 Å². The van der Waals surface area contributed by atoms with Crippen LogP contribution in [0, 0.1) is 5.92 Å². The lowest BCUT2D eigenvalue weighted by molar-refractivity contribution is 0.0917. The maximum atomic E-state index is 13.1. The van der Waals surface area contributed by atoms with Crippen molar-refractivity contribution in [3.05, 3.63) is 77.8 Å². The second-order valence-electron chi connectivity index (χ2n) is 9.59. The number of allylic oxidation sites excluding steroid dienone is 2. The molecule has 0 spiro atoms. The van der Waals surface area contributed by atoms with E-state index in [9.17, 15) is 14.4 Å². The molecule has 10 nitrogen and oxygen atoms in total. The van der Waals surface area contributed by atoms with Crippen molar-refractivity contribution in [2.45, 2.75) is 26.7 Å². The second-order valence-corrected chi connectivity index (χ2v) is 9.59. The van der Waals surface area contributed by atoms with Gasteiger partial charge in [0.25, 0.3) is 11.8 Å². The largest absolute Gasteiger partial charge is 0.415 e. The van der Waals surface area contributed by atoms with Crippen molar-refractivity contribution >= 4 is 45.7 Å². The number of ether oxygens (including phenoxy) is 1. The average Bonchev–Trinajstić information content (AvgIpc) is 3.38. The molecule has 2 aromatic carbocycles. The molecule has 0 radical (unpaired) electrons.